The summed E-state index contributed by atoms with van der Waals surface area (Å²) >= 11 is 1.14. The minimum absolute atomic E-state index is 0.0777. The van der Waals surface area contributed by atoms with Crippen molar-refractivity contribution in [3.05, 3.63) is 48.5 Å². The molecule has 2 amide bonds. The van der Waals surface area contributed by atoms with Gasteiger partial charge in [-0.05, 0) is 73.8 Å². The second kappa shape index (κ2) is 15.2. The Morgan fingerprint density at radius 3 is 2.14 bits per heavy atom. The highest BCUT2D eigenvalue weighted by Crippen LogP contribution is 2.22. The van der Waals surface area contributed by atoms with Crippen LogP contribution in [0.4, 0.5) is 17.1 Å². The standard InChI is InChI=1S/C24H31N5O7S/c1-2-36-18-9-7-16(8-10-18)27-15-3-5-17(6-4-15)29-37-14-20(23(33)26-13-22(31)32)28-21(30)12-11-19(25)24(34)35/h3-10,19-20,27,29H,2,11-14,25H2,1H3,(H,26,33)(H,28,30)(H,31,32)(H,34,35)/t19-,20-/m0/s1. The number of aliphatic carboxylic acids is 2. The van der Waals surface area contributed by atoms with Gasteiger partial charge in [-0.15, -0.1) is 0 Å². The molecule has 0 saturated carbocycles. The summed E-state index contributed by atoms with van der Waals surface area (Å²) in [5.41, 5.74) is 7.90. The minimum Gasteiger partial charge on any atom is -0.494 e. The van der Waals surface area contributed by atoms with Crippen LogP contribution in [0.25, 0.3) is 0 Å². The number of nitrogens with one attached hydrogen (secondary N) is 4. The van der Waals surface area contributed by atoms with Crippen molar-refractivity contribution >= 4 is 52.8 Å². The predicted molar refractivity (Wildman–Crippen MR) is 141 cm³/mol. The van der Waals surface area contributed by atoms with Crippen LogP contribution < -0.4 is 31.1 Å². The van der Waals surface area contributed by atoms with Crippen molar-refractivity contribution in [3.8, 4) is 5.75 Å². The number of anilines is 3. The molecule has 2 aromatic carbocycles. The van der Waals surface area contributed by atoms with Crippen molar-refractivity contribution in [2.45, 2.75) is 31.8 Å². The number of rotatable bonds is 16. The Balaban J connectivity index is 1.89. The molecule has 8 N–H and O–H groups in total. The van der Waals surface area contributed by atoms with Gasteiger partial charge in [-0.25, -0.2) is 0 Å². The van der Waals surface area contributed by atoms with E-state index in [1.807, 2.05) is 55.5 Å². The number of amides is 2. The van der Waals surface area contributed by atoms with Gasteiger partial charge in [0.05, 0.1) is 6.61 Å². The molecule has 0 fully saturated rings. The second-order valence-electron chi connectivity index (χ2n) is 7.79. The van der Waals surface area contributed by atoms with Crippen molar-refractivity contribution in [2.75, 3.05) is 28.9 Å². The van der Waals surface area contributed by atoms with Gasteiger partial charge in [-0.1, -0.05) is 0 Å². The monoisotopic (exact) mass is 533 g/mol. The molecule has 37 heavy (non-hydrogen) atoms. The topological polar surface area (TPSA) is 192 Å². The van der Waals surface area contributed by atoms with E-state index in [-0.39, 0.29) is 18.6 Å². The zero-order valence-corrected chi connectivity index (χ0v) is 21.0. The molecule has 0 aliphatic heterocycles. The number of carboxylic acid groups (broad SMARTS) is 2. The van der Waals surface area contributed by atoms with Crippen LogP contribution in [0.1, 0.15) is 19.8 Å². The zero-order chi connectivity index (χ0) is 27.2. The molecule has 0 saturated heterocycles. The normalized spacial score (nSPS) is 12.1. The smallest absolute Gasteiger partial charge is 0.322 e. The minimum atomic E-state index is -1.23. The summed E-state index contributed by atoms with van der Waals surface area (Å²) in [5.74, 6) is -2.84. The molecule has 0 spiro atoms. The molecule has 0 heterocycles. The van der Waals surface area contributed by atoms with Crippen LogP contribution in [0.5, 0.6) is 5.75 Å². The number of hydrogen-bond acceptors (Lipinski definition) is 9. The Bertz CT molecular complexity index is 1050. The number of benzene rings is 2. The quantitative estimate of drug-likeness (QED) is 0.156. The molecule has 2 aromatic rings. The maximum Gasteiger partial charge on any atom is 0.322 e. The Labute approximate surface area is 218 Å². The molecule has 13 heteroatoms. The van der Waals surface area contributed by atoms with Crippen molar-refractivity contribution < 1.29 is 34.1 Å². The van der Waals surface area contributed by atoms with Gasteiger partial charge in [0.1, 0.15) is 24.4 Å². The molecule has 0 aliphatic carbocycles. The first-order valence-electron chi connectivity index (χ1n) is 11.4. The number of nitrogens with two attached hydrogens (primary N) is 1. The van der Waals surface area contributed by atoms with Crippen LogP contribution in [-0.2, 0) is 19.2 Å². The Morgan fingerprint density at radius 2 is 1.57 bits per heavy atom. The van der Waals surface area contributed by atoms with Crippen LogP contribution in [0.3, 0.4) is 0 Å². The van der Waals surface area contributed by atoms with E-state index in [1.54, 1.807) is 0 Å². The number of carbonyl (C=O) groups is 4. The molecule has 2 atom stereocenters. The number of hydrogen-bond donors (Lipinski definition) is 7. The third-order valence-corrected chi connectivity index (χ3v) is 5.72. The van der Waals surface area contributed by atoms with Gasteiger partial charge in [0.25, 0.3) is 0 Å². The molecule has 200 valence electrons. The van der Waals surface area contributed by atoms with Crippen molar-refractivity contribution in [2.24, 2.45) is 5.73 Å². The molecule has 12 nitrogen and oxygen atoms in total. The highest BCUT2D eigenvalue weighted by Gasteiger charge is 2.22. The largest absolute Gasteiger partial charge is 0.494 e. The summed E-state index contributed by atoms with van der Waals surface area (Å²) in [7, 11) is 0. The molecule has 0 aliphatic rings. The lowest BCUT2D eigenvalue weighted by atomic mass is 10.1. The summed E-state index contributed by atoms with van der Waals surface area (Å²) in [4.78, 5) is 46.2. The average Bonchev–Trinajstić information content (AvgIpc) is 2.87. The highest BCUT2D eigenvalue weighted by atomic mass is 32.2. The molecule has 0 unspecified atom stereocenters. The summed E-state index contributed by atoms with van der Waals surface area (Å²) in [6.07, 6.45) is -0.301. The molecular weight excluding hydrogens is 502 g/mol. The lowest BCUT2D eigenvalue weighted by Gasteiger charge is -2.18. The van der Waals surface area contributed by atoms with Crippen LogP contribution in [0.15, 0.2) is 48.5 Å². The van der Waals surface area contributed by atoms with Gasteiger partial charge < -0.3 is 41.4 Å². The zero-order valence-electron chi connectivity index (χ0n) is 20.2. The number of carbonyl (C=O) groups excluding carboxylic acids is 2. The van der Waals surface area contributed by atoms with Gasteiger partial charge in [0.15, 0.2) is 0 Å². The fourth-order valence-corrected chi connectivity index (χ4v) is 3.73. The van der Waals surface area contributed by atoms with Gasteiger partial charge in [-0.3, -0.25) is 19.2 Å². The second-order valence-corrected chi connectivity index (χ2v) is 8.61. The van der Waals surface area contributed by atoms with Crippen molar-refractivity contribution in [1.29, 1.82) is 0 Å². The van der Waals surface area contributed by atoms with E-state index in [0.29, 0.717) is 6.61 Å². The van der Waals surface area contributed by atoms with Crippen LogP contribution >= 0.6 is 11.9 Å². The van der Waals surface area contributed by atoms with E-state index in [4.69, 9.17) is 20.7 Å². The molecule has 0 aromatic heterocycles. The summed E-state index contributed by atoms with van der Waals surface area (Å²) in [5, 5.41) is 25.6. The third-order valence-electron chi connectivity index (χ3n) is 4.84. The van der Waals surface area contributed by atoms with E-state index in [1.165, 1.54) is 0 Å². The Morgan fingerprint density at radius 1 is 0.973 bits per heavy atom. The fraction of sp³-hybridized carbons (Fsp3) is 0.333. The summed E-state index contributed by atoms with van der Waals surface area (Å²) in [6, 6.07) is 12.7. The predicted octanol–water partition coefficient (Wildman–Crippen LogP) is 1.77. The van der Waals surface area contributed by atoms with E-state index in [0.717, 1.165) is 34.8 Å². The van der Waals surface area contributed by atoms with Crippen LogP contribution in [-0.4, -0.2) is 65.0 Å². The molecule has 2 rings (SSSR count). The Hall–Kier alpha value is -3.97. The van der Waals surface area contributed by atoms with Crippen LogP contribution in [0, 0.1) is 0 Å². The molecule has 0 bridgehead atoms. The fourth-order valence-electron chi connectivity index (χ4n) is 2.94. The first kappa shape index (κ1) is 29.3. The summed E-state index contributed by atoms with van der Waals surface area (Å²) in [6.45, 7) is 1.92. The van der Waals surface area contributed by atoms with E-state index in [2.05, 4.69) is 20.7 Å². The van der Waals surface area contributed by atoms with E-state index < -0.39 is 42.4 Å². The van der Waals surface area contributed by atoms with Crippen molar-refractivity contribution in [3.63, 3.8) is 0 Å². The lowest BCUT2D eigenvalue weighted by molar-refractivity contribution is -0.139. The molecular formula is C24H31N5O7S. The van der Waals surface area contributed by atoms with Gasteiger partial charge in [-0.2, -0.15) is 0 Å². The van der Waals surface area contributed by atoms with E-state index in [9.17, 15) is 19.2 Å². The Kier molecular flexibility index (Phi) is 12.0. The maximum absolute atomic E-state index is 12.4. The molecule has 0 radical (unpaired) electrons. The summed E-state index contributed by atoms with van der Waals surface area (Å²) < 4.78 is 8.50. The third kappa shape index (κ3) is 11.1. The van der Waals surface area contributed by atoms with Crippen molar-refractivity contribution in [1.82, 2.24) is 10.6 Å². The number of carboxylic acids is 2. The average molecular weight is 534 g/mol. The lowest BCUT2D eigenvalue weighted by Crippen LogP contribution is -2.49. The van der Waals surface area contributed by atoms with Gasteiger partial charge >= 0.3 is 11.9 Å². The van der Waals surface area contributed by atoms with Crippen LogP contribution in [0.2, 0.25) is 0 Å². The SMILES string of the molecule is CCOc1ccc(Nc2ccc(NSC[C@H](NC(=O)CC[C@H](N)C(=O)O)C(=O)NCC(=O)O)cc2)cc1. The first-order chi connectivity index (χ1) is 17.7. The van der Waals surface area contributed by atoms with E-state index >= 15 is 0 Å². The highest BCUT2D eigenvalue weighted by molar-refractivity contribution is 8.00. The number of ether oxygens (including phenoxy) is 1. The van der Waals surface area contributed by atoms with Gasteiger partial charge in [0.2, 0.25) is 11.8 Å². The maximum atomic E-state index is 12.4. The first-order valence-corrected chi connectivity index (χ1v) is 12.4. The van der Waals surface area contributed by atoms with Gasteiger partial charge in [0, 0.05) is 29.2 Å².